The van der Waals surface area contributed by atoms with Crippen LogP contribution in [0.15, 0.2) is 322 Å². The van der Waals surface area contributed by atoms with Crippen molar-refractivity contribution in [1.29, 1.82) is 5.26 Å². The third kappa shape index (κ3) is 8.06. The van der Waals surface area contributed by atoms with Gasteiger partial charge in [0, 0.05) is 93.1 Å². The quantitative estimate of drug-likeness (QED) is 0.142. The summed E-state index contributed by atoms with van der Waals surface area (Å²) in [6, 6.07) is 119. The molecule has 7 heteroatoms. The van der Waals surface area contributed by atoms with Crippen molar-refractivity contribution in [2.24, 2.45) is 0 Å². The molecular formula is C89H53N7. The molecule has 0 saturated heterocycles. The Labute approximate surface area is 550 Å². The lowest BCUT2D eigenvalue weighted by atomic mass is 9.97. The van der Waals surface area contributed by atoms with Gasteiger partial charge in [0.2, 0.25) is 0 Å². The molecule has 5 heterocycles. The summed E-state index contributed by atoms with van der Waals surface area (Å²) in [6.07, 6.45) is 0. The molecule has 0 saturated carbocycles. The first-order chi connectivity index (χ1) is 47.6. The molecular weight excluding hydrogens is 1170 g/mol. The number of fused-ring (bicyclic) bond motifs is 16. The van der Waals surface area contributed by atoms with Gasteiger partial charge in [-0.3, -0.25) is 0 Å². The standard InChI is InChI=1S/C89H53N7/c90-54-60-38-43-75(68-26-10-9-24-66(60)68)89-91-87(76-44-35-55-19-7-8-25-67(55)88(76)92-89)61-47-64(95-79-31-15-11-27-69(79)73-41-36-58(51-85(73)95)56-39-45-83-77(49-56)71-29-13-17-33-81(71)93(83)62-20-3-1-4-21-62)53-65(48-61)96-80-32-16-12-28-70(80)74-42-37-59(52-86(74)96)57-40-46-84-78(50-57)72-30-14-18-34-82(72)94(84)63-22-5-2-6-23-63/h1-53H. The van der Waals surface area contributed by atoms with E-state index in [1.165, 1.54) is 32.6 Å². The summed E-state index contributed by atoms with van der Waals surface area (Å²) in [5, 5.41) is 24.7. The summed E-state index contributed by atoms with van der Waals surface area (Å²) in [5.41, 5.74) is 21.8. The lowest BCUT2D eigenvalue weighted by Gasteiger charge is -2.18. The van der Waals surface area contributed by atoms with Crippen LogP contribution in [0, 0.1) is 11.3 Å². The van der Waals surface area contributed by atoms with Crippen LogP contribution in [0.3, 0.4) is 0 Å². The molecule has 0 atom stereocenters. The highest BCUT2D eigenvalue weighted by atomic mass is 15.0. The molecule has 0 fully saturated rings. The first kappa shape index (κ1) is 53.5. The minimum Gasteiger partial charge on any atom is -0.309 e. The summed E-state index contributed by atoms with van der Waals surface area (Å²) < 4.78 is 9.69. The average molecular weight is 1220 g/mol. The zero-order valence-corrected chi connectivity index (χ0v) is 51.7. The maximum atomic E-state index is 10.4. The number of hydrogen-bond acceptors (Lipinski definition) is 3. The van der Waals surface area contributed by atoms with Crippen LogP contribution < -0.4 is 0 Å². The minimum atomic E-state index is 0.581. The smallest absolute Gasteiger partial charge is 0.161 e. The van der Waals surface area contributed by atoms with E-state index in [-0.39, 0.29) is 0 Å². The second-order valence-corrected chi connectivity index (χ2v) is 25.1. The Morgan fingerprint density at radius 2 is 0.635 bits per heavy atom. The van der Waals surface area contributed by atoms with E-state index in [9.17, 15) is 5.26 Å². The van der Waals surface area contributed by atoms with Gasteiger partial charge < -0.3 is 18.3 Å². The monoisotopic (exact) mass is 1220 g/mol. The first-order valence-corrected chi connectivity index (χ1v) is 32.6. The highest BCUT2D eigenvalue weighted by Gasteiger charge is 2.24. The molecule has 0 aliphatic carbocycles. The van der Waals surface area contributed by atoms with Gasteiger partial charge in [0.1, 0.15) is 0 Å². The number of benzene rings is 15. The van der Waals surface area contributed by atoms with Crippen LogP contribution in [0.2, 0.25) is 0 Å². The number of rotatable bonds is 8. The second kappa shape index (κ2) is 20.9. The number of hydrogen-bond donors (Lipinski definition) is 0. The molecule has 0 radical (unpaired) electrons. The molecule has 20 rings (SSSR count). The number of nitriles is 1. The van der Waals surface area contributed by atoms with E-state index in [1.807, 2.05) is 30.3 Å². The molecule has 0 aliphatic heterocycles. The molecule has 0 bridgehead atoms. The van der Waals surface area contributed by atoms with E-state index < -0.39 is 0 Å². The molecule has 7 nitrogen and oxygen atoms in total. The van der Waals surface area contributed by atoms with E-state index >= 15 is 0 Å². The van der Waals surface area contributed by atoms with Crippen LogP contribution in [0.4, 0.5) is 0 Å². The highest BCUT2D eigenvalue weighted by molar-refractivity contribution is 6.16. The van der Waals surface area contributed by atoms with Crippen molar-refractivity contribution in [1.82, 2.24) is 28.2 Å². The van der Waals surface area contributed by atoms with E-state index in [0.29, 0.717) is 11.4 Å². The van der Waals surface area contributed by atoms with Crippen molar-refractivity contribution >= 4 is 120 Å². The SMILES string of the molecule is N#Cc1ccc(-c2nc(-c3cc(-n4c5ccccc5c5ccc(-c6ccc7c(c6)c6ccccc6n7-c6ccccc6)cc54)cc(-n4c5ccccc5c5ccc(-c6ccc7c(c6)c6ccccc6n7-c6ccccc6)cc54)c3)c3ccc4ccccc4c3n2)c2ccccc12. The Hall–Kier alpha value is -13.2. The van der Waals surface area contributed by atoms with Gasteiger partial charge in [-0.05, 0) is 154 Å². The van der Waals surface area contributed by atoms with Crippen LogP contribution >= 0.6 is 0 Å². The Kier molecular flexibility index (Phi) is 11.7. The van der Waals surface area contributed by atoms with E-state index in [4.69, 9.17) is 9.97 Å². The van der Waals surface area contributed by atoms with Gasteiger partial charge in [-0.15, -0.1) is 0 Å². The summed E-state index contributed by atoms with van der Waals surface area (Å²) in [5.74, 6) is 0.581. The van der Waals surface area contributed by atoms with E-state index in [1.54, 1.807) is 0 Å². The summed E-state index contributed by atoms with van der Waals surface area (Å²) in [6.45, 7) is 0. The van der Waals surface area contributed by atoms with Crippen molar-refractivity contribution in [3.63, 3.8) is 0 Å². The van der Waals surface area contributed by atoms with Gasteiger partial charge in [0.05, 0.1) is 67.0 Å². The van der Waals surface area contributed by atoms with Crippen LogP contribution in [0.1, 0.15) is 5.56 Å². The third-order valence-corrected chi connectivity index (χ3v) is 20.0. The van der Waals surface area contributed by atoms with Crippen molar-refractivity contribution in [2.45, 2.75) is 0 Å². The predicted molar refractivity (Wildman–Crippen MR) is 398 cm³/mol. The first-order valence-electron chi connectivity index (χ1n) is 32.6. The fourth-order valence-electron chi connectivity index (χ4n) is 15.7. The predicted octanol–water partition coefficient (Wildman–Crippen LogP) is 22.9. The zero-order chi connectivity index (χ0) is 63.1. The number of para-hydroxylation sites is 6. The molecule has 0 aliphatic rings. The second-order valence-electron chi connectivity index (χ2n) is 25.1. The Bertz CT molecular complexity index is 6420. The topological polar surface area (TPSA) is 69.3 Å². The van der Waals surface area contributed by atoms with Crippen LogP contribution in [-0.4, -0.2) is 28.2 Å². The molecule has 0 unspecified atom stereocenters. The van der Waals surface area contributed by atoms with Crippen LogP contribution in [0.25, 0.3) is 187 Å². The van der Waals surface area contributed by atoms with Gasteiger partial charge in [0.25, 0.3) is 0 Å². The summed E-state index contributed by atoms with van der Waals surface area (Å²) in [7, 11) is 0. The third-order valence-electron chi connectivity index (χ3n) is 20.0. The number of aromatic nitrogens is 6. The van der Waals surface area contributed by atoms with E-state index in [2.05, 4.69) is 316 Å². The van der Waals surface area contributed by atoms with Gasteiger partial charge in [-0.25, -0.2) is 9.97 Å². The van der Waals surface area contributed by atoms with E-state index in [0.717, 1.165) is 149 Å². The molecule has 5 aromatic heterocycles. The Morgan fingerprint density at radius 1 is 0.240 bits per heavy atom. The van der Waals surface area contributed by atoms with Gasteiger partial charge in [-0.2, -0.15) is 5.26 Å². The molecule has 444 valence electrons. The molecule has 15 aromatic carbocycles. The summed E-state index contributed by atoms with van der Waals surface area (Å²) in [4.78, 5) is 11.3. The molecule has 0 spiro atoms. The van der Waals surface area contributed by atoms with Gasteiger partial charge >= 0.3 is 0 Å². The van der Waals surface area contributed by atoms with Crippen molar-refractivity contribution in [3.05, 3.63) is 327 Å². The lowest BCUT2D eigenvalue weighted by Crippen LogP contribution is -2.02. The molecule has 96 heavy (non-hydrogen) atoms. The molecule has 20 aromatic rings. The van der Waals surface area contributed by atoms with Crippen molar-refractivity contribution < 1.29 is 0 Å². The van der Waals surface area contributed by atoms with Crippen molar-refractivity contribution in [3.8, 4) is 73.7 Å². The fourth-order valence-corrected chi connectivity index (χ4v) is 15.7. The van der Waals surface area contributed by atoms with Gasteiger partial charge in [-0.1, -0.05) is 200 Å². The number of nitrogens with zero attached hydrogens (tertiary/aromatic N) is 7. The summed E-state index contributed by atoms with van der Waals surface area (Å²) >= 11 is 0. The highest BCUT2D eigenvalue weighted by Crippen LogP contribution is 2.45. The minimum absolute atomic E-state index is 0.581. The van der Waals surface area contributed by atoms with Crippen LogP contribution in [0.5, 0.6) is 0 Å². The van der Waals surface area contributed by atoms with Crippen LogP contribution in [-0.2, 0) is 0 Å². The Morgan fingerprint density at radius 3 is 1.16 bits per heavy atom. The lowest BCUT2D eigenvalue weighted by molar-refractivity contribution is 1.13. The Balaban J connectivity index is 0.856. The largest absolute Gasteiger partial charge is 0.309 e. The molecule has 0 amide bonds. The van der Waals surface area contributed by atoms with Gasteiger partial charge in [0.15, 0.2) is 5.82 Å². The van der Waals surface area contributed by atoms with Crippen molar-refractivity contribution in [2.75, 3.05) is 0 Å². The zero-order valence-electron chi connectivity index (χ0n) is 51.7. The fraction of sp³-hybridized carbons (Fsp3) is 0. The maximum absolute atomic E-state index is 10.4. The maximum Gasteiger partial charge on any atom is 0.161 e. The molecule has 0 N–H and O–H groups in total. The average Bonchev–Trinajstić information content (AvgIpc) is 1.40. The normalized spacial score (nSPS) is 11.9.